The minimum atomic E-state index is -0.368. The molecule has 0 fully saturated rings. The molecule has 0 N–H and O–H groups in total. The largest absolute Gasteiger partial charge is 0.303 e. The Morgan fingerprint density at radius 1 is 1.29 bits per heavy atom. The lowest BCUT2D eigenvalue weighted by molar-refractivity contribution is 0.622. The van der Waals surface area contributed by atoms with Crippen LogP contribution in [0.3, 0.4) is 0 Å². The molecule has 0 saturated heterocycles. The van der Waals surface area contributed by atoms with Gasteiger partial charge in [-0.3, -0.25) is 4.98 Å². The molecule has 0 atom stereocenters. The molecule has 0 unspecified atom stereocenters. The van der Waals surface area contributed by atoms with Gasteiger partial charge in [-0.25, -0.2) is 14.4 Å². The molecule has 0 amide bonds. The van der Waals surface area contributed by atoms with Crippen LogP contribution in [0.15, 0.2) is 37.1 Å². The van der Waals surface area contributed by atoms with E-state index in [9.17, 15) is 4.39 Å². The summed E-state index contributed by atoms with van der Waals surface area (Å²) in [6.45, 7) is 1.87. The lowest BCUT2D eigenvalue weighted by Gasteiger charge is -2.04. The lowest BCUT2D eigenvalue weighted by Crippen LogP contribution is -1.95. The van der Waals surface area contributed by atoms with Crippen molar-refractivity contribution in [3.8, 4) is 11.3 Å². The maximum Gasteiger partial charge on any atom is 0.158 e. The van der Waals surface area contributed by atoms with Gasteiger partial charge < -0.3 is 4.40 Å². The van der Waals surface area contributed by atoms with Gasteiger partial charge >= 0.3 is 0 Å². The van der Waals surface area contributed by atoms with E-state index in [0.717, 1.165) is 11.3 Å². The molecule has 0 bridgehead atoms. The van der Waals surface area contributed by atoms with Crippen molar-refractivity contribution in [2.45, 2.75) is 6.92 Å². The Bertz CT molecular complexity index is 690. The zero-order chi connectivity index (χ0) is 11.8. The van der Waals surface area contributed by atoms with Gasteiger partial charge in [-0.2, -0.15) is 0 Å². The van der Waals surface area contributed by atoms with Crippen molar-refractivity contribution in [3.05, 3.63) is 48.6 Å². The summed E-state index contributed by atoms with van der Waals surface area (Å²) in [4.78, 5) is 12.4. The molecule has 0 spiro atoms. The summed E-state index contributed by atoms with van der Waals surface area (Å²) in [6.07, 6.45) is 8.11. The summed E-state index contributed by atoms with van der Waals surface area (Å²) < 4.78 is 15.0. The van der Waals surface area contributed by atoms with Crippen LogP contribution in [0.5, 0.6) is 0 Å². The van der Waals surface area contributed by atoms with Gasteiger partial charge in [0.25, 0.3) is 0 Å². The van der Waals surface area contributed by atoms with Gasteiger partial charge in [-0.05, 0) is 13.0 Å². The second kappa shape index (κ2) is 3.62. The Morgan fingerprint density at radius 3 is 3.00 bits per heavy atom. The van der Waals surface area contributed by atoms with Crippen LogP contribution in [0.2, 0.25) is 0 Å². The van der Waals surface area contributed by atoms with Gasteiger partial charge in [-0.1, -0.05) is 0 Å². The van der Waals surface area contributed by atoms with Crippen LogP contribution < -0.4 is 0 Å². The number of aryl methyl sites for hydroxylation is 1. The van der Waals surface area contributed by atoms with Crippen LogP contribution >= 0.6 is 0 Å². The Labute approximate surface area is 96.8 Å². The fraction of sp³-hybridized carbons (Fsp3) is 0.0833. The summed E-state index contributed by atoms with van der Waals surface area (Å²) >= 11 is 0. The third-order valence-corrected chi connectivity index (χ3v) is 2.54. The minimum absolute atomic E-state index is 0.368. The first-order valence-electron chi connectivity index (χ1n) is 5.15. The number of hydrogen-bond acceptors (Lipinski definition) is 3. The molecule has 0 aromatic carbocycles. The number of aromatic nitrogens is 4. The molecule has 3 aromatic heterocycles. The van der Waals surface area contributed by atoms with Crippen molar-refractivity contribution in [1.29, 1.82) is 0 Å². The van der Waals surface area contributed by atoms with E-state index in [-0.39, 0.29) is 5.82 Å². The molecule has 0 radical (unpaired) electrons. The Morgan fingerprint density at radius 2 is 2.18 bits per heavy atom. The maximum absolute atomic E-state index is 13.1. The van der Waals surface area contributed by atoms with Crippen molar-refractivity contribution in [3.63, 3.8) is 0 Å². The monoisotopic (exact) mass is 228 g/mol. The molecule has 0 aliphatic carbocycles. The van der Waals surface area contributed by atoms with Gasteiger partial charge in [0.15, 0.2) is 5.65 Å². The molecule has 0 aliphatic heterocycles. The average Bonchev–Trinajstić information content (AvgIpc) is 2.77. The zero-order valence-electron chi connectivity index (χ0n) is 9.13. The Balaban J connectivity index is 2.23. The van der Waals surface area contributed by atoms with Crippen LogP contribution in [0.4, 0.5) is 4.39 Å². The standard InChI is InChI=1S/C12H9FN4/c1-8-12-15-2-3-17(12)7-11(16-8)9-4-10(13)6-14-5-9/h2-7H,1H3. The smallest absolute Gasteiger partial charge is 0.158 e. The van der Waals surface area contributed by atoms with E-state index < -0.39 is 0 Å². The molecule has 0 aliphatic rings. The molecule has 17 heavy (non-hydrogen) atoms. The van der Waals surface area contributed by atoms with E-state index in [1.54, 1.807) is 12.4 Å². The molecule has 3 aromatic rings. The zero-order valence-corrected chi connectivity index (χ0v) is 9.13. The summed E-state index contributed by atoms with van der Waals surface area (Å²) in [7, 11) is 0. The molecule has 5 heteroatoms. The molecule has 4 nitrogen and oxygen atoms in total. The van der Waals surface area contributed by atoms with Crippen LogP contribution in [0.25, 0.3) is 16.9 Å². The van der Waals surface area contributed by atoms with Crippen LogP contribution in [0.1, 0.15) is 5.69 Å². The van der Waals surface area contributed by atoms with E-state index in [2.05, 4.69) is 15.0 Å². The number of hydrogen-bond donors (Lipinski definition) is 0. The predicted molar refractivity (Wildman–Crippen MR) is 60.9 cm³/mol. The first-order chi connectivity index (χ1) is 8.24. The van der Waals surface area contributed by atoms with E-state index in [0.29, 0.717) is 11.3 Å². The topological polar surface area (TPSA) is 43.1 Å². The summed E-state index contributed by atoms with van der Waals surface area (Å²) in [5.41, 5.74) is 2.94. The maximum atomic E-state index is 13.1. The summed E-state index contributed by atoms with van der Waals surface area (Å²) in [5.74, 6) is -0.368. The highest BCUT2D eigenvalue weighted by molar-refractivity contribution is 5.60. The highest BCUT2D eigenvalue weighted by atomic mass is 19.1. The highest BCUT2D eigenvalue weighted by Gasteiger charge is 2.06. The van der Waals surface area contributed by atoms with Crippen LogP contribution in [-0.4, -0.2) is 19.4 Å². The summed E-state index contributed by atoms with van der Waals surface area (Å²) in [6, 6.07) is 1.41. The summed E-state index contributed by atoms with van der Waals surface area (Å²) in [5, 5.41) is 0. The van der Waals surface area contributed by atoms with E-state index >= 15 is 0 Å². The molecule has 84 valence electrons. The number of rotatable bonds is 1. The first-order valence-corrected chi connectivity index (χ1v) is 5.15. The van der Waals surface area contributed by atoms with Crippen LogP contribution in [0, 0.1) is 12.7 Å². The number of pyridine rings is 1. The third-order valence-electron chi connectivity index (χ3n) is 2.54. The fourth-order valence-corrected chi connectivity index (χ4v) is 1.78. The van der Waals surface area contributed by atoms with Crippen molar-refractivity contribution in [1.82, 2.24) is 19.4 Å². The number of fused-ring (bicyclic) bond motifs is 1. The van der Waals surface area contributed by atoms with Gasteiger partial charge in [0.1, 0.15) is 5.82 Å². The Hall–Kier alpha value is -2.30. The highest BCUT2D eigenvalue weighted by Crippen LogP contribution is 2.18. The van der Waals surface area contributed by atoms with Crippen molar-refractivity contribution >= 4 is 5.65 Å². The Kier molecular flexibility index (Phi) is 2.11. The van der Waals surface area contributed by atoms with Crippen molar-refractivity contribution < 1.29 is 4.39 Å². The lowest BCUT2D eigenvalue weighted by atomic mass is 10.2. The molecular weight excluding hydrogens is 219 g/mol. The normalized spacial score (nSPS) is 10.9. The first kappa shape index (κ1) is 9.89. The second-order valence-corrected chi connectivity index (χ2v) is 3.76. The van der Waals surface area contributed by atoms with Crippen molar-refractivity contribution in [2.75, 3.05) is 0 Å². The number of halogens is 1. The second-order valence-electron chi connectivity index (χ2n) is 3.76. The van der Waals surface area contributed by atoms with E-state index in [4.69, 9.17) is 0 Å². The molecule has 3 rings (SSSR count). The molecular formula is C12H9FN4. The van der Waals surface area contributed by atoms with Gasteiger partial charge in [0.05, 0.1) is 17.6 Å². The number of nitrogens with zero attached hydrogens (tertiary/aromatic N) is 4. The third kappa shape index (κ3) is 1.65. The van der Waals surface area contributed by atoms with Crippen LogP contribution in [-0.2, 0) is 0 Å². The van der Waals surface area contributed by atoms with Gasteiger partial charge in [0, 0.05) is 30.4 Å². The number of imidazole rings is 1. The SMILES string of the molecule is Cc1nc(-c2cncc(F)c2)cn2ccnc12. The van der Waals surface area contributed by atoms with Crippen molar-refractivity contribution in [2.24, 2.45) is 0 Å². The van der Waals surface area contributed by atoms with E-state index in [1.807, 2.05) is 23.7 Å². The average molecular weight is 228 g/mol. The predicted octanol–water partition coefficient (Wildman–Crippen LogP) is 2.24. The fourth-order valence-electron chi connectivity index (χ4n) is 1.78. The van der Waals surface area contributed by atoms with Gasteiger partial charge in [-0.15, -0.1) is 0 Å². The minimum Gasteiger partial charge on any atom is -0.303 e. The molecule has 3 heterocycles. The van der Waals surface area contributed by atoms with E-state index in [1.165, 1.54) is 12.3 Å². The molecule has 0 saturated carbocycles. The quantitative estimate of drug-likeness (QED) is 0.641. The van der Waals surface area contributed by atoms with Gasteiger partial charge in [0.2, 0.25) is 0 Å².